The highest BCUT2D eigenvalue weighted by atomic mass is 32.1. The van der Waals surface area contributed by atoms with Crippen LogP contribution in [0.25, 0.3) is 0 Å². The maximum Gasteiger partial charge on any atom is 0.303 e. The molecule has 1 N–H and O–H groups in total. The van der Waals surface area contributed by atoms with E-state index in [1.807, 2.05) is 11.6 Å². The summed E-state index contributed by atoms with van der Waals surface area (Å²) in [5.41, 5.74) is 0. The maximum absolute atomic E-state index is 10.6. The van der Waals surface area contributed by atoms with Gasteiger partial charge >= 0.3 is 5.97 Å². The highest BCUT2D eigenvalue weighted by Crippen LogP contribution is 2.22. The van der Waals surface area contributed by atoms with Crippen molar-refractivity contribution >= 4 is 17.3 Å². The van der Waals surface area contributed by atoms with Crippen LogP contribution in [-0.4, -0.2) is 34.0 Å². The molecule has 0 aliphatic carbocycles. The van der Waals surface area contributed by atoms with Gasteiger partial charge in [-0.25, -0.2) is 4.98 Å². The lowest BCUT2D eigenvalue weighted by atomic mass is 9.94. The first-order chi connectivity index (χ1) is 7.74. The van der Waals surface area contributed by atoms with Crippen LogP contribution in [0.15, 0.2) is 11.6 Å². The van der Waals surface area contributed by atoms with E-state index < -0.39 is 5.97 Å². The summed E-state index contributed by atoms with van der Waals surface area (Å²) in [6.07, 6.45) is 4.15. The molecule has 1 aliphatic heterocycles. The Balaban J connectivity index is 1.75. The molecule has 0 saturated carbocycles. The summed E-state index contributed by atoms with van der Waals surface area (Å²) < 4.78 is 0. The Morgan fingerprint density at radius 1 is 1.56 bits per heavy atom. The van der Waals surface area contributed by atoms with Gasteiger partial charge < -0.3 is 5.11 Å². The molecule has 4 nitrogen and oxygen atoms in total. The number of aliphatic carboxylic acids is 1. The first-order valence-electron chi connectivity index (χ1n) is 5.56. The largest absolute Gasteiger partial charge is 0.481 e. The van der Waals surface area contributed by atoms with E-state index in [0.29, 0.717) is 12.3 Å². The van der Waals surface area contributed by atoms with Gasteiger partial charge in [-0.3, -0.25) is 9.69 Å². The predicted octanol–water partition coefficient (Wildman–Crippen LogP) is 1.83. The number of carboxylic acid groups (broad SMARTS) is 1. The summed E-state index contributed by atoms with van der Waals surface area (Å²) in [5.74, 6) is -0.302. The van der Waals surface area contributed by atoms with Crippen LogP contribution < -0.4 is 0 Å². The van der Waals surface area contributed by atoms with Crippen LogP contribution in [0.5, 0.6) is 0 Å². The Bertz CT molecular complexity index is 332. The van der Waals surface area contributed by atoms with E-state index in [-0.39, 0.29) is 0 Å². The number of carbonyl (C=O) groups is 1. The molecule has 1 saturated heterocycles. The minimum absolute atomic E-state index is 0.324. The van der Waals surface area contributed by atoms with Gasteiger partial charge in [-0.1, -0.05) is 0 Å². The van der Waals surface area contributed by atoms with Gasteiger partial charge in [0.2, 0.25) is 0 Å². The summed E-state index contributed by atoms with van der Waals surface area (Å²) in [6, 6.07) is 0. The van der Waals surface area contributed by atoms with E-state index in [2.05, 4.69) is 9.88 Å². The molecule has 0 amide bonds. The Hall–Kier alpha value is -0.940. The zero-order valence-corrected chi connectivity index (χ0v) is 9.95. The fourth-order valence-electron chi connectivity index (χ4n) is 2.12. The third kappa shape index (κ3) is 3.28. The van der Waals surface area contributed by atoms with E-state index in [1.54, 1.807) is 11.3 Å². The van der Waals surface area contributed by atoms with Crippen molar-refractivity contribution in [1.82, 2.24) is 9.88 Å². The molecule has 1 fully saturated rings. The first-order valence-corrected chi connectivity index (χ1v) is 6.44. The van der Waals surface area contributed by atoms with Crippen LogP contribution in [0.3, 0.4) is 0 Å². The predicted molar refractivity (Wildman–Crippen MR) is 62.4 cm³/mol. The molecule has 2 heterocycles. The lowest BCUT2D eigenvalue weighted by Crippen LogP contribution is -2.33. The number of rotatable bonds is 4. The van der Waals surface area contributed by atoms with E-state index in [0.717, 1.165) is 37.5 Å². The quantitative estimate of drug-likeness (QED) is 0.872. The molecule has 16 heavy (non-hydrogen) atoms. The summed E-state index contributed by atoms with van der Waals surface area (Å²) >= 11 is 1.68. The van der Waals surface area contributed by atoms with Crippen LogP contribution in [0.2, 0.25) is 0 Å². The van der Waals surface area contributed by atoms with Gasteiger partial charge in [-0.2, -0.15) is 0 Å². The summed E-state index contributed by atoms with van der Waals surface area (Å²) in [6.45, 7) is 2.91. The Morgan fingerprint density at radius 3 is 2.88 bits per heavy atom. The SMILES string of the molecule is O=C(O)CC1CCN(Cc2nccs2)CC1. The third-order valence-corrected chi connectivity index (χ3v) is 3.78. The van der Waals surface area contributed by atoms with Crippen molar-refractivity contribution in [3.63, 3.8) is 0 Å². The fraction of sp³-hybridized carbons (Fsp3) is 0.636. The number of carboxylic acids is 1. The van der Waals surface area contributed by atoms with Crippen molar-refractivity contribution in [3.05, 3.63) is 16.6 Å². The molecule has 1 aliphatic rings. The third-order valence-electron chi connectivity index (χ3n) is 3.01. The molecule has 0 bridgehead atoms. The molecule has 0 unspecified atom stereocenters. The van der Waals surface area contributed by atoms with Crippen molar-refractivity contribution in [1.29, 1.82) is 0 Å². The number of nitrogens with zero attached hydrogens (tertiary/aromatic N) is 2. The summed E-state index contributed by atoms with van der Waals surface area (Å²) in [5, 5.41) is 11.9. The lowest BCUT2D eigenvalue weighted by Gasteiger charge is -2.30. The van der Waals surface area contributed by atoms with E-state index in [9.17, 15) is 4.79 Å². The van der Waals surface area contributed by atoms with Crippen LogP contribution >= 0.6 is 11.3 Å². The summed E-state index contributed by atoms with van der Waals surface area (Å²) in [7, 11) is 0. The van der Waals surface area contributed by atoms with Crippen molar-refractivity contribution in [3.8, 4) is 0 Å². The molecule has 0 aromatic carbocycles. The molecule has 1 aromatic heterocycles. The minimum atomic E-state index is -0.668. The number of likely N-dealkylation sites (tertiary alicyclic amines) is 1. The zero-order chi connectivity index (χ0) is 11.4. The highest BCUT2D eigenvalue weighted by Gasteiger charge is 2.21. The van der Waals surface area contributed by atoms with Gasteiger partial charge in [0.1, 0.15) is 5.01 Å². The van der Waals surface area contributed by atoms with Gasteiger partial charge in [0.05, 0.1) is 6.54 Å². The average molecular weight is 240 g/mol. The monoisotopic (exact) mass is 240 g/mol. The molecule has 0 atom stereocenters. The normalized spacial score (nSPS) is 18.8. The maximum atomic E-state index is 10.6. The zero-order valence-electron chi connectivity index (χ0n) is 9.13. The average Bonchev–Trinajstić information content (AvgIpc) is 2.73. The lowest BCUT2D eigenvalue weighted by molar-refractivity contribution is -0.138. The second kappa shape index (κ2) is 5.41. The van der Waals surface area contributed by atoms with Gasteiger partial charge in [-0.15, -0.1) is 11.3 Å². The number of aromatic nitrogens is 1. The van der Waals surface area contributed by atoms with Crippen LogP contribution in [0.1, 0.15) is 24.3 Å². The van der Waals surface area contributed by atoms with Crippen LogP contribution in [-0.2, 0) is 11.3 Å². The molecule has 88 valence electrons. The number of hydrogen-bond acceptors (Lipinski definition) is 4. The second-order valence-corrected chi connectivity index (χ2v) is 5.22. The molecule has 1 aromatic rings. The second-order valence-electron chi connectivity index (χ2n) is 4.24. The Morgan fingerprint density at radius 2 is 2.31 bits per heavy atom. The molecule has 2 rings (SSSR count). The molecule has 5 heteroatoms. The van der Waals surface area contributed by atoms with Gasteiger partial charge in [-0.05, 0) is 31.8 Å². The molecule has 0 radical (unpaired) electrons. The fourth-order valence-corrected chi connectivity index (χ4v) is 2.78. The molecular formula is C11H16N2O2S. The van der Waals surface area contributed by atoms with Crippen LogP contribution in [0.4, 0.5) is 0 Å². The smallest absolute Gasteiger partial charge is 0.303 e. The van der Waals surface area contributed by atoms with E-state index in [1.165, 1.54) is 0 Å². The first kappa shape index (κ1) is 11.5. The van der Waals surface area contributed by atoms with E-state index >= 15 is 0 Å². The highest BCUT2D eigenvalue weighted by molar-refractivity contribution is 7.09. The standard InChI is InChI=1S/C11H16N2O2S/c14-11(15)7-9-1-4-13(5-2-9)8-10-12-3-6-16-10/h3,6,9H,1-2,4-5,7-8H2,(H,14,15). The number of thiazole rings is 1. The topological polar surface area (TPSA) is 53.4 Å². The van der Waals surface area contributed by atoms with Crippen molar-refractivity contribution < 1.29 is 9.90 Å². The molecule has 0 spiro atoms. The van der Waals surface area contributed by atoms with Crippen molar-refractivity contribution in [2.75, 3.05) is 13.1 Å². The number of piperidine rings is 1. The van der Waals surface area contributed by atoms with Crippen LogP contribution in [0, 0.1) is 5.92 Å². The Labute approximate surface area is 98.9 Å². The van der Waals surface area contributed by atoms with Crippen molar-refractivity contribution in [2.45, 2.75) is 25.8 Å². The van der Waals surface area contributed by atoms with Gasteiger partial charge in [0.15, 0.2) is 0 Å². The molecular weight excluding hydrogens is 224 g/mol. The van der Waals surface area contributed by atoms with E-state index in [4.69, 9.17) is 5.11 Å². The van der Waals surface area contributed by atoms with Gasteiger partial charge in [0, 0.05) is 18.0 Å². The minimum Gasteiger partial charge on any atom is -0.481 e. The van der Waals surface area contributed by atoms with Gasteiger partial charge in [0.25, 0.3) is 0 Å². The van der Waals surface area contributed by atoms with Crippen molar-refractivity contribution in [2.24, 2.45) is 5.92 Å². The number of hydrogen-bond donors (Lipinski definition) is 1. The summed E-state index contributed by atoms with van der Waals surface area (Å²) in [4.78, 5) is 17.2. The Kier molecular flexibility index (Phi) is 3.90.